The molecule has 23 heavy (non-hydrogen) atoms. The minimum absolute atomic E-state index is 0.602. The van der Waals surface area contributed by atoms with Crippen molar-refractivity contribution in [2.75, 3.05) is 25.1 Å². The molecule has 0 amide bonds. The van der Waals surface area contributed by atoms with Crippen molar-refractivity contribution < 1.29 is 4.74 Å². The third-order valence-corrected chi connectivity index (χ3v) is 3.50. The van der Waals surface area contributed by atoms with Crippen LogP contribution >= 0.6 is 0 Å². The molecule has 0 saturated heterocycles. The average molecular weight is 305 g/mol. The van der Waals surface area contributed by atoms with E-state index in [0.717, 1.165) is 29.5 Å². The summed E-state index contributed by atoms with van der Waals surface area (Å²) >= 11 is 0. The van der Waals surface area contributed by atoms with Gasteiger partial charge in [0.05, 0.1) is 6.54 Å². The van der Waals surface area contributed by atoms with Gasteiger partial charge in [0.2, 0.25) is 0 Å². The number of rotatable bonds is 6. The highest BCUT2D eigenvalue weighted by Gasteiger charge is 2.06. The molecule has 0 aliphatic rings. The van der Waals surface area contributed by atoms with Crippen molar-refractivity contribution in [3.63, 3.8) is 0 Å². The Kier molecular flexibility index (Phi) is 4.84. The van der Waals surface area contributed by atoms with Gasteiger partial charge in [-0.25, -0.2) is 9.97 Å². The van der Waals surface area contributed by atoms with Crippen LogP contribution in [-0.2, 0) is 0 Å². The first-order chi connectivity index (χ1) is 11.3. The molecule has 0 spiro atoms. The Hall–Kier alpha value is -2.88. The SMILES string of the molecule is CN(CCOc1ccccc1)c1ccnc(-c2ccccc2)n1. The predicted octanol–water partition coefficient (Wildman–Crippen LogP) is 3.66. The maximum absolute atomic E-state index is 5.73. The van der Waals surface area contributed by atoms with Gasteiger partial charge in [-0.15, -0.1) is 0 Å². The third-order valence-electron chi connectivity index (χ3n) is 3.50. The fourth-order valence-corrected chi connectivity index (χ4v) is 2.22. The molecule has 0 radical (unpaired) electrons. The van der Waals surface area contributed by atoms with Crippen molar-refractivity contribution in [3.8, 4) is 17.1 Å². The van der Waals surface area contributed by atoms with E-state index in [0.29, 0.717) is 6.61 Å². The number of aromatic nitrogens is 2. The summed E-state index contributed by atoms with van der Waals surface area (Å²) in [7, 11) is 2.01. The Balaban J connectivity index is 1.62. The van der Waals surface area contributed by atoms with Crippen LogP contribution in [0.15, 0.2) is 72.9 Å². The number of ether oxygens (including phenoxy) is 1. The van der Waals surface area contributed by atoms with E-state index in [4.69, 9.17) is 4.74 Å². The first-order valence-electron chi connectivity index (χ1n) is 7.60. The molecule has 2 aromatic carbocycles. The smallest absolute Gasteiger partial charge is 0.161 e. The summed E-state index contributed by atoms with van der Waals surface area (Å²) < 4.78 is 5.73. The molecule has 1 heterocycles. The summed E-state index contributed by atoms with van der Waals surface area (Å²) in [6, 6.07) is 21.7. The molecule has 116 valence electrons. The van der Waals surface area contributed by atoms with Gasteiger partial charge in [0.1, 0.15) is 18.2 Å². The molecule has 4 heteroatoms. The van der Waals surface area contributed by atoms with E-state index < -0.39 is 0 Å². The van der Waals surface area contributed by atoms with Crippen molar-refractivity contribution in [2.45, 2.75) is 0 Å². The zero-order chi connectivity index (χ0) is 15.9. The minimum Gasteiger partial charge on any atom is -0.492 e. The van der Waals surface area contributed by atoms with Crippen LogP contribution in [0.3, 0.4) is 0 Å². The lowest BCUT2D eigenvalue weighted by atomic mass is 10.2. The second-order valence-electron chi connectivity index (χ2n) is 5.19. The second kappa shape index (κ2) is 7.40. The van der Waals surface area contributed by atoms with E-state index in [9.17, 15) is 0 Å². The maximum atomic E-state index is 5.73. The first kappa shape index (κ1) is 15.0. The highest BCUT2D eigenvalue weighted by atomic mass is 16.5. The lowest BCUT2D eigenvalue weighted by Gasteiger charge is -2.18. The number of likely N-dealkylation sites (N-methyl/N-ethyl adjacent to an activating group) is 1. The molecule has 0 aliphatic heterocycles. The van der Waals surface area contributed by atoms with Gasteiger partial charge in [0, 0.05) is 18.8 Å². The number of hydrogen-bond donors (Lipinski definition) is 0. The van der Waals surface area contributed by atoms with Crippen molar-refractivity contribution in [3.05, 3.63) is 72.9 Å². The Morgan fingerprint density at radius 2 is 1.61 bits per heavy atom. The van der Waals surface area contributed by atoms with Gasteiger partial charge in [-0.2, -0.15) is 0 Å². The largest absolute Gasteiger partial charge is 0.492 e. The average Bonchev–Trinajstić information content (AvgIpc) is 2.63. The molecular weight excluding hydrogens is 286 g/mol. The van der Waals surface area contributed by atoms with Crippen LogP contribution in [0.25, 0.3) is 11.4 Å². The highest BCUT2D eigenvalue weighted by Crippen LogP contribution is 2.17. The van der Waals surface area contributed by atoms with E-state index in [2.05, 4.69) is 14.9 Å². The normalized spacial score (nSPS) is 10.3. The molecule has 0 atom stereocenters. The Morgan fingerprint density at radius 1 is 0.913 bits per heavy atom. The Labute approximate surface area is 136 Å². The Bertz CT molecular complexity index is 732. The molecule has 0 N–H and O–H groups in total. The van der Waals surface area contributed by atoms with Gasteiger partial charge in [-0.3, -0.25) is 0 Å². The van der Waals surface area contributed by atoms with E-state index in [-0.39, 0.29) is 0 Å². The second-order valence-corrected chi connectivity index (χ2v) is 5.19. The number of nitrogens with zero attached hydrogens (tertiary/aromatic N) is 3. The summed E-state index contributed by atoms with van der Waals surface area (Å²) in [5.74, 6) is 2.50. The zero-order valence-corrected chi connectivity index (χ0v) is 13.1. The molecule has 3 aromatic rings. The van der Waals surface area contributed by atoms with Crippen molar-refractivity contribution in [1.82, 2.24) is 9.97 Å². The highest BCUT2D eigenvalue weighted by molar-refractivity contribution is 5.56. The predicted molar refractivity (Wildman–Crippen MR) is 92.7 cm³/mol. The fourth-order valence-electron chi connectivity index (χ4n) is 2.22. The number of anilines is 1. The molecule has 0 bridgehead atoms. The van der Waals surface area contributed by atoms with Crippen molar-refractivity contribution in [2.24, 2.45) is 0 Å². The van der Waals surface area contributed by atoms with Gasteiger partial charge >= 0.3 is 0 Å². The van der Waals surface area contributed by atoms with E-state index in [1.807, 2.05) is 73.8 Å². The first-order valence-corrected chi connectivity index (χ1v) is 7.60. The number of hydrogen-bond acceptors (Lipinski definition) is 4. The van der Waals surface area contributed by atoms with Gasteiger partial charge in [0.15, 0.2) is 5.82 Å². The van der Waals surface area contributed by atoms with Gasteiger partial charge in [-0.1, -0.05) is 48.5 Å². The number of para-hydroxylation sites is 1. The fraction of sp³-hybridized carbons (Fsp3) is 0.158. The quantitative estimate of drug-likeness (QED) is 0.696. The molecule has 0 aliphatic carbocycles. The van der Waals surface area contributed by atoms with Gasteiger partial charge < -0.3 is 9.64 Å². The van der Waals surface area contributed by atoms with Crippen LogP contribution in [0.2, 0.25) is 0 Å². The molecule has 0 saturated carbocycles. The lowest BCUT2D eigenvalue weighted by molar-refractivity contribution is 0.325. The summed E-state index contributed by atoms with van der Waals surface area (Å²) in [5, 5.41) is 0. The molecule has 0 fully saturated rings. The van der Waals surface area contributed by atoms with E-state index in [1.165, 1.54) is 0 Å². The van der Waals surface area contributed by atoms with Crippen LogP contribution in [-0.4, -0.2) is 30.2 Å². The molecule has 0 unspecified atom stereocenters. The van der Waals surface area contributed by atoms with E-state index >= 15 is 0 Å². The number of benzene rings is 2. The molecule has 3 rings (SSSR count). The van der Waals surface area contributed by atoms with Crippen LogP contribution in [0, 0.1) is 0 Å². The zero-order valence-electron chi connectivity index (χ0n) is 13.1. The maximum Gasteiger partial charge on any atom is 0.161 e. The molecule has 4 nitrogen and oxygen atoms in total. The van der Waals surface area contributed by atoms with Crippen LogP contribution < -0.4 is 9.64 Å². The van der Waals surface area contributed by atoms with Crippen molar-refractivity contribution >= 4 is 5.82 Å². The molecule has 1 aromatic heterocycles. The summed E-state index contributed by atoms with van der Waals surface area (Å²) in [4.78, 5) is 11.0. The topological polar surface area (TPSA) is 38.2 Å². The van der Waals surface area contributed by atoms with E-state index in [1.54, 1.807) is 6.20 Å². The minimum atomic E-state index is 0.602. The standard InChI is InChI=1S/C19H19N3O/c1-22(14-15-23-17-10-6-3-7-11-17)18-12-13-20-19(21-18)16-8-4-2-5-9-16/h2-13H,14-15H2,1H3. The molecular formula is C19H19N3O. The summed E-state index contributed by atoms with van der Waals surface area (Å²) in [5.41, 5.74) is 1.02. The van der Waals surface area contributed by atoms with Gasteiger partial charge in [0.25, 0.3) is 0 Å². The van der Waals surface area contributed by atoms with Crippen LogP contribution in [0.1, 0.15) is 0 Å². The third kappa shape index (κ3) is 4.07. The van der Waals surface area contributed by atoms with Gasteiger partial charge in [-0.05, 0) is 18.2 Å². The Morgan fingerprint density at radius 3 is 2.35 bits per heavy atom. The summed E-state index contributed by atoms with van der Waals surface area (Å²) in [6.45, 7) is 1.35. The lowest BCUT2D eigenvalue weighted by Crippen LogP contribution is -2.24. The van der Waals surface area contributed by atoms with Crippen molar-refractivity contribution in [1.29, 1.82) is 0 Å². The monoisotopic (exact) mass is 305 g/mol. The van der Waals surface area contributed by atoms with Crippen LogP contribution in [0.5, 0.6) is 5.75 Å². The summed E-state index contributed by atoms with van der Waals surface area (Å²) in [6.07, 6.45) is 1.79. The van der Waals surface area contributed by atoms with Crippen LogP contribution in [0.4, 0.5) is 5.82 Å².